The van der Waals surface area contributed by atoms with Crippen LogP contribution in [0.15, 0.2) is 0 Å². The largest absolute Gasteiger partial charge is 0.300 e. The number of rotatable bonds is 1. The monoisotopic (exact) mass is 193 g/mol. The molecule has 0 radical (unpaired) electrons. The van der Waals surface area contributed by atoms with Crippen molar-refractivity contribution < 1.29 is 0 Å². The van der Waals surface area contributed by atoms with E-state index in [2.05, 4.69) is 11.8 Å². The van der Waals surface area contributed by atoms with E-state index in [0.717, 1.165) is 23.8 Å². The Kier molecular flexibility index (Phi) is 2.31. The highest BCUT2D eigenvalue weighted by Crippen LogP contribution is 2.47. The van der Waals surface area contributed by atoms with Crippen LogP contribution in [0.1, 0.15) is 45.4 Å². The van der Waals surface area contributed by atoms with E-state index < -0.39 is 0 Å². The summed E-state index contributed by atoms with van der Waals surface area (Å²) in [7, 11) is 0. The third-order valence-electron chi connectivity index (χ3n) is 4.99. The molecule has 3 aliphatic rings. The number of fused-ring (bicyclic) bond motifs is 2. The van der Waals surface area contributed by atoms with Gasteiger partial charge in [0.05, 0.1) is 0 Å². The Morgan fingerprint density at radius 1 is 0.929 bits per heavy atom. The van der Waals surface area contributed by atoms with Gasteiger partial charge in [-0.1, -0.05) is 13.3 Å². The van der Waals surface area contributed by atoms with E-state index >= 15 is 0 Å². The van der Waals surface area contributed by atoms with Crippen LogP contribution in [0.5, 0.6) is 0 Å². The molecule has 2 saturated carbocycles. The van der Waals surface area contributed by atoms with Gasteiger partial charge in [0.1, 0.15) is 0 Å². The van der Waals surface area contributed by atoms with Gasteiger partial charge in [0, 0.05) is 6.04 Å². The van der Waals surface area contributed by atoms with E-state index in [4.69, 9.17) is 0 Å². The molecule has 0 amide bonds. The third kappa shape index (κ3) is 1.50. The van der Waals surface area contributed by atoms with Crippen LogP contribution < -0.4 is 0 Å². The molecule has 0 aromatic heterocycles. The molecule has 0 N–H and O–H groups in total. The van der Waals surface area contributed by atoms with Gasteiger partial charge in [-0.25, -0.2) is 0 Å². The van der Waals surface area contributed by atoms with Gasteiger partial charge < -0.3 is 4.90 Å². The fourth-order valence-electron chi connectivity index (χ4n) is 4.02. The van der Waals surface area contributed by atoms with Crippen molar-refractivity contribution in [3.63, 3.8) is 0 Å². The van der Waals surface area contributed by atoms with Crippen LogP contribution in [-0.4, -0.2) is 24.0 Å². The van der Waals surface area contributed by atoms with Gasteiger partial charge in [-0.05, 0) is 62.9 Å². The summed E-state index contributed by atoms with van der Waals surface area (Å²) >= 11 is 0. The van der Waals surface area contributed by atoms with Gasteiger partial charge in [0.25, 0.3) is 0 Å². The van der Waals surface area contributed by atoms with Gasteiger partial charge >= 0.3 is 0 Å². The highest BCUT2D eigenvalue weighted by molar-refractivity contribution is 4.96. The molecule has 0 spiro atoms. The first-order valence-corrected chi connectivity index (χ1v) is 6.57. The Morgan fingerprint density at radius 3 is 2.29 bits per heavy atom. The van der Waals surface area contributed by atoms with E-state index in [0.29, 0.717) is 0 Å². The molecule has 2 bridgehead atoms. The second-order valence-corrected chi connectivity index (χ2v) is 5.96. The molecular weight excluding hydrogens is 170 g/mol. The normalized spacial score (nSPS) is 44.8. The van der Waals surface area contributed by atoms with Crippen LogP contribution >= 0.6 is 0 Å². The van der Waals surface area contributed by atoms with Crippen molar-refractivity contribution in [2.45, 2.75) is 51.5 Å². The lowest BCUT2D eigenvalue weighted by atomic mass is 9.90. The molecule has 1 heteroatoms. The van der Waals surface area contributed by atoms with Crippen LogP contribution in [0.25, 0.3) is 0 Å². The summed E-state index contributed by atoms with van der Waals surface area (Å²) in [5.74, 6) is 3.20. The molecule has 3 atom stereocenters. The summed E-state index contributed by atoms with van der Waals surface area (Å²) in [6, 6.07) is 1.00. The summed E-state index contributed by atoms with van der Waals surface area (Å²) in [6.45, 7) is 5.21. The van der Waals surface area contributed by atoms with Crippen molar-refractivity contribution in [1.82, 2.24) is 4.90 Å². The molecule has 14 heavy (non-hydrogen) atoms. The van der Waals surface area contributed by atoms with E-state index in [-0.39, 0.29) is 0 Å². The minimum Gasteiger partial charge on any atom is -0.300 e. The fourth-order valence-corrected chi connectivity index (χ4v) is 4.02. The average molecular weight is 193 g/mol. The average Bonchev–Trinajstić information content (AvgIpc) is 2.80. The molecule has 3 fully saturated rings. The number of piperidine rings is 1. The first-order chi connectivity index (χ1) is 6.83. The molecule has 3 rings (SSSR count). The molecule has 80 valence electrons. The lowest BCUT2D eigenvalue weighted by Crippen LogP contribution is -2.43. The summed E-state index contributed by atoms with van der Waals surface area (Å²) in [4.78, 5) is 2.82. The zero-order valence-corrected chi connectivity index (χ0v) is 9.41. The van der Waals surface area contributed by atoms with Gasteiger partial charge in [-0.2, -0.15) is 0 Å². The summed E-state index contributed by atoms with van der Waals surface area (Å²) in [5, 5.41) is 0. The Balaban J connectivity index is 1.61. The van der Waals surface area contributed by atoms with Crippen molar-refractivity contribution >= 4 is 0 Å². The smallest absolute Gasteiger partial charge is 0.0126 e. The van der Waals surface area contributed by atoms with Gasteiger partial charge in [-0.15, -0.1) is 0 Å². The molecule has 1 aliphatic heterocycles. The molecule has 1 nitrogen and oxygen atoms in total. The molecule has 0 unspecified atom stereocenters. The highest BCUT2D eigenvalue weighted by atomic mass is 15.2. The lowest BCUT2D eigenvalue weighted by Gasteiger charge is -2.38. The first-order valence-electron chi connectivity index (χ1n) is 6.57. The lowest BCUT2D eigenvalue weighted by molar-refractivity contribution is 0.101. The van der Waals surface area contributed by atoms with Gasteiger partial charge in [0.15, 0.2) is 0 Å². The van der Waals surface area contributed by atoms with Crippen molar-refractivity contribution in [3.8, 4) is 0 Å². The summed E-state index contributed by atoms with van der Waals surface area (Å²) in [5.41, 5.74) is 0. The maximum atomic E-state index is 2.82. The van der Waals surface area contributed by atoms with Gasteiger partial charge in [-0.3, -0.25) is 0 Å². The van der Waals surface area contributed by atoms with Crippen molar-refractivity contribution in [2.75, 3.05) is 13.1 Å². The van der Waals surface area contributed by atoms with Crippen molar-refractivity contribution in [1.29, 1.82) is 0 Å². The summed E-state index contributed by atoms with van der Waals surface area (Å²) < 4.78 is 0. The molecule has 2 aliphatic carbocycles. The van der Waals surface area contributed by atoms with Crippen molar-refractivity contribution in [3.05, 3.63) is 0 Å². The minimum atomic E-state index is 0.991. The van der Waals surface area contributed by atoms with Crippen LogP contribution in [0.3, 0.4) is 0 Å². The number of nitrogens with zero attached hydrogens (tertiary/aromatic N) is 1. The van der Waals surface area contributed by atoms with E-state index in [9.17, 15) is 0 Å². The fraction of sp³-hybridized carbons (Fsp3) is 1.00. The maximum absolute atomic E-state index is 2.82. The number of likely N-dealkylation sites (tertiary alicyclic amines) is 1. The second kappa shape index (κ2) is 3.52. The number of hydrogen-bond donors (Lipinski definition) is 0. The topological polar surface area (TPSA) is 3.24 Å². The van der Waals surface area contributed by atoms with Crippen LogP contribution in [0, 0.1) is 17.8 Å². The zero-order chi connectivity index (χ0) is 9.54. The predicted octanol–water partition coefficient (Wildman–Crippen LogP) is 2.91. The van der Waals surface area contributed by atoms with Crippen molar-refractivity contribution in [2.24, 2.45) is 17.8 Å². The molecule has 1 saturated heterocycles. The van der Waals surface area contributed by atoms with E-state index in [1.807, 2.05) is 0 Å². The predicted molar refractivity (Wildman–Crippen MR) is 59.2 cm³/mol. The Bertz CT molecular complexity index is 205. The third-order valence-corrected chi connectivity index (χ3v) is 4.99. The Hall–Kier alpha value is -0.0400. The molecular formula is C13H23N. The van der Waals surface area contributed by atoms with E-state index in [1.165, 1.54) is 25.9 Å². The highest BCUT2D eigenvalue weighted by Gasteiger charge is 2.42. The quantitative estimate of drug-likeness (QED) is 0.619. The van der Waals surface area contributed by atoms with Crippen LogP contribution in [0.4, 0.5) is 0 Å². The Labute approximate surface area is 87.9 Å². The standard InChI is InChI=1S/C13H23N/c1-10-4-6-14(7-5-10)13-9-11-2-3-12(13)8-11/h10-13H,2-9H2,1H3/t11-,12+,13+/m1/s1. The molecule has 0 aromatic carbocycles. The zero-order valence-electron chi connectivity index (χ0n) is 9.41. The molecule has 1 heterocycles. The SMILES string of the molecule is CC1CCN([C@H]2C[C@@H]3CC[C@H]2C3)CC1. The maximum Gasteiger partial charge on any atom is 0.0126 e. The molecule has 0 aromatic rings. The van der Waals surface area contributed by atoms with Gasteiger partial charge in [0.2, 0.25) is 0 Å². The first kappa shape index (κ1) is 9.21. The Morgan fingerprint density at radius 2 is 1.71 bits per heavy atom. The van der Waals surface area contributed by atoms with Crippen LogP contribution in [0.2, 0.25) is 0 Å². The van der Waals surface area contributed by atoms with Crippen LogP contribution in [-0.2, 0) is 0 Å². The van der Waals surface area contributed by atoms with E-state index in [1.54, 1.807) is 25.7 Å². The minimum absolute atomic E-state index is 0.991. The summed E-state index contributed by atoms with van der Waals surface area (Å²) in [6.07, 6.45) is 9.10. The second-order valence-electron chi connectivity index (χ2n) is 5.96. The number of hydrogen-bond acceptors (Lipinski definition) is 1.